The second-order valence-corrected chi connectivity index (χ2v) is 26.2. The molecule has 0 spiro atoms. The van der Waals surface area contributed by atoms with E-state index >= 15 is 0 Å². The number of aryl methyl sites for hydroxylation is 1. The van der Waals surface area contributed by atoms with Crippen LogP contribution in [-0.2, 0) is 69.2 Å². The lowest BCUT2D eigenvalue weighted by molar-refractivity contribution is -0.155. The topological polar surface area (TPSA) is 254 Å². The Morgan fingerprint density at radius 2 is 1.73 bits per heavy atom. The number of carbonyl (C=O) groups is 4. The van der Waals surface area contributed by atoms with E-state index in [0.717, 1.165) is 38.9 Å². The number of hydrogen-bond acceptors (Lipinski definition) is 16. The van der Waals surface area contributed by atoms with Crippen LogP contribution in [0.4, 0.5) is 5.69 Å². The van der Waals surface area contributed by atoms with Crippen LogP contribution in [0.1, 0.15) is 101 Å². The van der Waals surface area contributed by atoms with Crippen LogP contribution in [0.2, 0.25) is 0 Å². The Morgan fingerprint density at radius 1 is 0.976 bits per heavy atom. The highest BCUT2D eigenvalue weighted by Gasteiger charge is 2.43. The number of ether oxygens (including phenoxy) is 3. The zero-order valence-electron chi connectivity index (χ0n) is 48.6. The second-order valence-electron chi connectivity index (χ2n) is 23.9. The van der Waals surface area contributed by atoms with Gasteiger partial charge in [0.2, 0.25) is 5.91 Å². The molecule has 7 heterocycles. The Kier molecular flexibility index (Phi) is 17.2. The van der Waals surface area contributed by atoms with Crippen molar-refractivity contribution in [2.24, 2.45) is 11.3 Å². The number of carbonyl (C=O) groups excluding carboxylic acids is 4. The molecule has 10 rings (SSSR count). The van der Waals surface area contributed by atoms with E-state index in [4.69, 9.17) is 29.5 Å². The number of nitrogens with two attached hydrogens (primary N) is 1. The number of aromatic hydroxyl groups is 1. The minimum Gasteiger partial charge on any atom is -0.508 e. The molecular weight excluding hydrogens is 1080 g/mol. The maximum Gasteiger partial charge on any atom is 0.324 e. The van der Waals surface area contributed by atoms with E-state index in [1.165, 1.54) is 9.91 Å². The van der Waals surface area contributed by atoms with Crippen molar-refractivity contribution in [2.75, 3.05) is 64.2 Å². The number of hydrogen-bond donors (Lipinski definition) is 4. The van der Waals surface area contributed by atoms with Crippen molar-refractivity contribution in [1.29, 1.82) is 0 Å². The van der Waals surface area contributed by atoms with Crippen molar-refractivity contribution < 1.29 is 51.4 Å². The number of phenols is 1. The molecule has 3 aromatic carbocycles. The predicted molar refractivity (Wildman–Crippen MR) is 314 cm³/mol. The number of fused-ring (bicyclic) bond motifs is 6. The molecule has 442 valence electrons. The van der Waals surface area contributed by atoms with E-state index in [0.29, 0.717) is 98.0 Å². The number of anilines is 1. The maximum absolute atomic E-state index is 15.0. The zero-order chi connectivity index (χ0) is 59.1. The van der Waals surface area contributed by atoms with Crippen LogP contribution in [-0.4, -0.2) is 149 Å². The van der Waals surface area contributed by atoms with Gasteiger partial charge in [0.1, 0.15) is 35.7 Å². The van der Waals surface area contributed by atoms with Gasteiger partial charge in [-0.3, -0.25) is 34.1 Å². The summed E-state index contributed by atoms with van der Waals surface area (Å²) in [6.07, 6.45) is 2.35. The van der Waals surface area contributed by atoms with E-state index in [9.17, 15) is 32.7 Å². The summed E-state index contributed by atoms with van der Waals surface area (Å²) < 4.78 is 50.7. The molecule has 83 heavy (non-hydrogen) atoms. The van der Waals surface area contributed by atoms with Crippen LogP contribution in [0, 0.1) is 11.3 Å². The standard InChI is InChI=1S/C62H77N9O11S/c1-9-70-53-17-14-40-29-47(53)49(56(70)48-30-42(33-64-54(48)37(4)79-8)51-31-45(82-67-51)34-69-20-23-83(77,78)24-21-69)32-62(5,6)35-81-61(76)50-11-10-19-71(66-50)59(74)52(27-38-25-41(40)28-44(72)26-38)65-58(73)55(36(2)3)68(7)60(75)57-46(18-22-80-57)39-12-15-43(63)16-13-39/h12-17,25-26,28-31,33,36-37,46,50,52,55,57,66,72H,9-11,18-24,27,32,34-35,63H2,1-8H3,(H,65,73)/t37-,46+,50-,52-,55-,57+/m0/s1. The van der Waals surface area contributed by atoms with Crippen molar-refractivity contribution in [2.45, 2.75) is 123 Å². The molecule has 4 aliphatic heterocycles. The van der Waals surface area contributed by atoms with Gasteiger partial charge >= 0.3 is 5.97 Å². The molecule has 6 aromatic rings. The second kappa shape index (κ2) is 24.2. The SMILES string of the molecule is CCn1c(-c2cc(-c3cc(CN4CCS(=O)(=O)CC4)on3)cnc2[C@H](C)OC)c2c3cc(ccc31)-c1cc(O)cc(c1)C[C@H](NC(=O)[C@H](C(C)C)N(C)C(=O)[C@@H]1OCC[C@@H]1c1ccc(N)cc1)C(=O)N1CCC[C@H](N1)C(=O)OCC(C)(C)C2. The summed E-state index contributed by atoms with van der Waals surface area (Å²) in [6.45, 7) is 14.3. The quantitative estimate of drug-likeness (QED) is 0.0672. The maximum atomic E-state index is 15.0. The normalized spacial score (nSPS) is 22.0. The highest BCUT2D eigenvalue weighted by Crippen LogP contribution is 2.44. The largest absolute Gasteiger partial charge is 0.508 e. The van der Waals surface area contributed by atoms with E-state index in [1.54, 1.807) is 44.6 Å². The van der Waals surface area contributed by atoms with Gasteiger partial charge in [-0.2, -0.15) is 0 Å². The van der Waals surface area contributed by atoms with E-state index in [-0.39, 0.29) is 54.6 Å². The number of nitrogen functional groups attached to an aromatic ring is 1. The number of cyclic esters (lactones) is 1. The first-order valence-electron chi connectivity index (χ1n) is 28.8. The molecule has 3 amide bonds. The fraction of sp³-hybridized carbons (Fsp3) is 0.484. The van der Waals surface area contributed by atoms with Crippen LogP contribution in [0.5, 0.6) is 5.75 Å². The first kappa shape index (κ1) is 59.0. The Morgan fingerprint density at radius 3 is 2.46 bits per heavy atom. The van der Waals surface area contributed by atoms with Crippen molar-refractivity contribution >= 4 is 50.1 Å². The molecule has 20 nitrogen and oxygen atoms in total. The molecule has 0 unspecified atom stereocenters. The van der Waals surface area contributed by atoms with Gasteiger partial charge in [0.15, 0.2) is 15.6 Å². The molecule has 3 aromatic heterocycles. The van der Waals surface area contributed by atoms with Gasteiger partial charge in [0, 0.05) is 105 Å². The number of esters is 1. The van der Waals surface area contributed by atoms with E-state index in [2.05, 4.69) is 59.4 Å². The van der Waals surface area contributed by atoms with Crippen molar-refractivity contribution in [3.8, 4) is 39.4 Å². The van der Waals surface area contributed by atoms with Gasteiger partial charge in [-0.1, -0.05) is 57.1 Å². The number of aromatic nitrogens is 3. The first-order chi connectivity index (χ1) is 39.6. The monoisotopic (exact) mass is 1160 g/mol. The molecule has 6 bridgehead atoms. The lowest BCUT2D eigenvalue weighted by Gasteiger charge is -2.37. The Labute approximate surface area is 484 Å². The number of nitrogens with zero attached hydrogens (tertiary/aromatic N) is 6. The Balaban J connectivity index is 1.03. The first-order valence-corrected chi connectivity index (χ1v) is 30.6. The molecule has 0 saturated carbocycles. The Bertz CT molecular complexity index is 3510. The van der Waals surface area contributed by atoms with Crippen LogP contribution < -0.4 is 16.5 Å². The summed E-state index contributed by atoms with van der Waals surface area (Å²) >= 11 is 0. The molecule has 6 atom stereocenters. The summed E-state index contributed by atoms with van der Waals surface area (Å²) in [6, 6.07) is 19.5. The number of sulfone groups is 1. The smallest absolute Gasteiger partial charge is 0.324 e. The third-order valence-corrected chi connectivity index (χ3v) is 18.4. The molecule has 3 fully saturated rings. The van der Waals surface area contributed by atoms with E-state index < -0.39 is 63.4 Å². The highest BCUT2D eigenvalue weighted by atomic mass is 32.2. The van der Waals surface area contributed by atoms with Gasteiger partial charge in [-0.15, -0.1) is 0 Å². The minimum absolute atomic E-state index is 0.0320. The van der Waals surface area contributed by atoms with Gasteiger partial charge in [0.05, 0.1) is 42.1 Å². The third kappa shape index (κ3) is 12.7. The van der Waals surface area contributed by atoms with E-state index in [1.807, 2.05) is 56.0 Å². The fourth-order valence-corrected chi connectivity index (χ4v) is 13.6. The lowest BCUT2D eigenvalue weighted by atomic mass is 9.84. The average molecular weight is 1160 g/mol. The molecule has 0 aliphatic carbocycles. The predicted octanol–water partition coefficient (Wildman–Crippen LogP) is 6.97. The number of phenolic OH excluding ortho intramolecular Hbond substituents is 1. The van der Waals surface area contributed by atoms with Gasteiger partial charge in [-0.05, 0) is 116 Å². The van der Waals surface area contributed by atoms with Gasteiger partial charge in [0.25, 0.3) is 11.8 Å². The van der Waals surface area contributed by atoms with Gasteiger partial charge < -0.3 is 44.4 Å². The number of hydrazine groups is 1. The van der Waals surface area contributed by atoms with Crippen LogP contribution >= 0.6 is 0 Å². The van der Waals surface area contributed by atoms with Crippen LogP contribution in [0.3, 0.4) is 0 Å². The lowest BCUT2D eigenvalue weighted by Crippen LogP contribution is -2.62. The number of benzene rings is 3. The molecule has 0 radical (unpaired) electrons. The van der Waals surface area contributed by atoms with Crippen molar-refractivity contribution in [3.05, 3.63) is 107 Å². The fourth-order valence-electron chi connectivity index (χ4n) is 12.3. The van der Waals surface area contributed by atoms with Crippen molar-refractivity contribution in [1.82, 2.24) is 40.3 Å². The number of nitrogens with one attached hydrogen (secondary N) is 2. The van der Waals surface area contributed by atoms with Crippen molar-refractivity contribution in [3.63, 3.8) is 0 Å². The summed E-state index contributed by atoms with van der Waals surface area (Å²) in [4.78, 5) is 67.1. The number of amides is 3. The average Bonchev–Trinajstić information content (AvgIpc) is 3.02. The molecule has 4 aliphatic rings. The highest BCUT2D eigenvalue weighted by molar-refractivity contribution is 7.91. The minimum atomic E-state index is -3.06. The summed E-state index contributed by atoms with van der Waals surface area (Å²) in [7, 11) is 0.173. The summed E-state index contributed by atoms with van der Waals surface area (Å²) in [5.41, 5.74) is 17.5. The number of methoxy groups -OCH3 is 1. The number of rotatable bonds is 13. The molecular formula is C62H77N9O11S. The molecule has 3 saturated heterocycles. The third-order valence-electron chi connectivity index (χ3n) is 16.8. The molecule has 21 heteroatoms. The van der Waals surface area contributed by atoms with Crippen LogP contribution in [0.15, 0.2) is 83.5 Å². The number of pyridine rings is 1. The summed E-state index contributed by atoms with van der Waals surface area (Å²) in [5, 5.41) is 21.4. The molecule has 5 N–H and O–H groups in total. The number of likely N-dealkylation sites (N-methyl/N-ethyl adjacent to an activating group) is 1. The summed E-state index contributed by atoms with van der Waals surface area (Å²) in [5.74, 6) is -1.83. The van der Waals surface area contributed by atoms with Gasteiger partial charge in [-0.25, -0.2) is 13.8 Å². The zero-order valence-corrected chi connectivity index (χ0v) is 49.5. The van der Waals surface area contributed by atoms with Crippen LogP contribution in [0.25, 0.3) is 44.5 Å². The Hall–Kier alpha value is -7.17.